The average molecular weight is 271 g/mol. The summed E-state index contributed by atoms with van der Waals surface area (Å²) in [4.78, 5) is 21.9. The van der Waals surface area contributed by atoms with E-state index in [0.717, 1.165) is 5.56 Å². The number of hydrogen-bond donors (Lipinski definition) is 2. The van der Waals surface area contributed by atoms with Crippen molar-refractivity contribution in [2.45, 2.75) is 6.54 Å². The molecule has 0 saturated carbocycles. The molecule has 0 atom stereocenters. The molecule has 0 aromatic heterocycles. The normalized spacial score (nSPS) is 9.67. The van der Waals surface area contributed by atoms with Crippen LogP contribution in [0.3, 0.4) is 0 Å². The van der Waals surface area contributed by atoms with Crippen LogP contribution >= 0.6 is 11.6 Å². The van der Waals surface area contributed by atoms with E-state index in [2.05, 4.69) is 10.6 Å². The summed E-state index contributed by atoms with van der Waals surface area (Å²) in [6, 6.07) is 7.11. The van der Waals surface area contributed by atoms with Gasteiger partial charge in [0.2, 0.25) is 5.91 Å². The molecule has 2 amide bonds. The predicted molar refractivity (Wildman–Crippen MR) is 68.6 cm³/mol. The van der Waals surface area contributed by atoms with Crippen LogP contribution in [0.1, 0.15) is 5.56 Å². The molecule has 5 nitrogen and oxygen atoms in total. The number of carbonyl (C=O) groups excluding carboxylic acids is 2. The third kappa shape index (κ3) is 5.05. The summed E-state index contributed by atoms with van der Waals surface area (Å²) < 4.78 is 5.24. The summed E-state index contributed by atoms with van der Waals surface area (Å²) in [5.74, 6) is 0.156. The zero-order valence-electron chi connectivity index (χ0n) is 10.0. The molecule has 0 aliphatic heterocycles. The third-order valence-corrected chi connectivity index (χ3v) is 2.43. The van der Waals surface area contributed by atoms with Crippen LogP contribution in [0, 0.1) is 0 Å². The van der Waals surface area contributed by atoms with Crippen molar-refractivity contribution in [1.29, 1.82) is 0 Å². The molecule has 0 aliphatic rings. The van der Waals surface area contributed by atoms with Gasteiger partial charge in [-0.1, -0.05) is 12.1 Å². The highest BCUT2D eigenvalue weighted by molar-refractivity contribution is 6.27. The lowest BCUT2D eigenvalue weighted by Gasteiger charge is -2.07. The van der Waals surface area contributed by atoms with Crippen LogP contribution in [0.4, 0.5) is 0 Å². The van der Waals surface area contributed by atoms with Gasteiger partial charge in [0.25, 0.3) is 5.91 Å². The summed E-state index contributed by atoms with van der Waals surface area (Å²) in [5.41, 5.74) is 0.931. The summed E-state index contributed by atoms with van der Waals surface area (Å²) in [6.07, 6.45) is 0. The van der Waals surface area contributed by atoms with E-state index < -0.39 is 0 Å². The van der Waals surface area contributed by atoms with Crippen molar-refractivity contribution in [3.63, 3.8) is 0 Å². The first kappa shape index (κ1) is 14.3. The molecular weight excluding hydrogens is 256 g/mol. The summed E-state index contributed by atoms with van der Waals surface area (Å²) in [6.45, 7) is 0.403. The monoisotopic (exact) mass is 270 g/mol. The van der Waals surface area contributed by atoms with Crippen LogP contribution < -0.4 is 15.4 Å². The molecule has 18 heavy (non-hydrogen) atoms. The first-order valence-electron chi connectivity index (χ1n) is 5.40. The Hall–Kier alpha value is -1.75. The Labute approximate surface area is 110 Å². The lowest BCUT2D eigenvalue weighted by molar-refractivity contribution is -0.122. The maximum atomic E-state index is 11.0. The van der Waals surface area contributed by atoms with Crippen LogP contribution in [0.2, 0.25) is 0 Å². The Morgan fingerprint density at radius 1 is 1.22 bits per heavy atom. The van der Waals surface area contributed by atoms with E-state index in [4.69, 9.17) is 16.3 Å². The van der Waals surface area contributed by atoms with Crippen LogP contribution in [0.25, 0.3) is 0 Å². The number of hydrogen-bond acceptors (Lipinski definition) is 3. The van der Waals surface area contributed by atoms with E-state index in [9.17, 15) is 9.59 Å². The molecule has 0 saturated heterocycles. The Morgan fingerprint density at radius 2 is 1.89 bits per heavy atom. The van der Waals surface area contributed by atoms with Gasteiger partial charge in [-0.2, -0.15) is 0 Å². The molecular formula is C12H15ClN2O3. The maximum absolute atomic E-state index is 11.0. The second kappa shape index (κ2) is 7.55. The van der Waals surface area contributed by atoms with E-state index in [1.165, 1.54) is 0 Å². The first-order valence-corrected chi connectivity index (χ1v) is 5.94. The van der Waals surface area contributed by atoms with E-state index in [1.807, 2.05) is 12.1 Å². The van der Waals surface area contributed by atoms with Gasteiger partial charge in [-0.3, -0.25) is 9.59 Å². The smallest absolute Gasteiger partial charge is 0.257 e. The Balaban J connectivity index is 2.42. The van der Waals surface area contributed by atoms with E-state index in [1.54, 1.807) is 19.2 Å². The maximum Gasteiger partial charge on any atom is 0.257 e. The number of amides is 2. The number of alkyl halides is 1. The highest BCUT2D eigenvalue weighted by atomic mass is 35.5. The van der Waals surface area contributed by atoms with Gasteiger partial charge >= 0.3 is 0 Å². The van der Waals surface area contributed by atoms with Gasteiger partial charge in [0.05, 0.1) is 0 Å². The molecule has 2 N–H and O–H groups in total. The predicted octanol–water partition coefficient (Wildman–Crippen LogP) is 0.666. The topological polar surface area (TPSA) is 67.4 Å². The molecule has 1 aromatic rings. The fourth-order valence-corrected chi connectivity index (χ4v) is 1.27. The van der Waals surface area contributed by atoms with Gasteiger partial charge in [-0.05, 0) is 17.7 Å². The number of rotatable bonds is 6. The number of benzene rings is 1. The lowest BCUT2D eigenvalue weighted by atomic mass is 10.2. The van der Waals surface area contributed by atoms with Gasteiger partial charge in [0.1, 0.15) is 11.6 Å². The van der Waals surface area contributed by atoms with Crippen molar-refractivity contribution in [2.24, 2.45) is 0 Å². The van der Waals surface area contributed by atoms with Crippen molar-refractivity contribution in [1.82, 2.24) is 10.6 Å². The van der Waals surface area contributed by atoms with Gasteiger partial charge in [0, 0.05) is 13.6 Å². The molecule has 98 valence electrons. The number of halogens is 1. The van der Waals surface area contributed by atoms with Crippen LogP contribution in [0.15, 0.2) is 24.3 Å². The number of carbonyl (C=O) groups is 2. The van der Waals surface area contributed by atoms with Gasteiger partial charge in [0.15, 0.2) is 6.61 Å². The quantitative estimate of drug-likeness (QED) is 0.747. The van der Waals surface area contributed by atoms with E-state index >= 15 is 0 Å². The van der Waals surface area contributed by atoms with Crippen LogP contribution in [-0.2, 0) is 16.1 Å². The van der Waals surface area contributed by atoms with Gasteiger partial charge in [-0.15, -0.1) is 11.6 Å². The highest BCUT2D eigenvalue weighted by Gasteiger charge is 2.01. The minimum Gasteiger partial charge on any atom is -0.484 e. The molecule has 0 bridgehead atoms. The minimum absolute atomic E-state index is 0.0150. The molecule has 6 heteroatoms. The van der Waals surface area contributed by atoms with Gasteiger partial charge in [-0.25, -0.2) is 0 Å². The Morgan fingerprint density at radius 3 is 2.44 bits per heavy atom. The number of likely N-dealkylation sites (N-methyl/N-ethyl adjacent to an activating group) is 1. The second-order valence-corrected chi connectivity index (χ2v) is 3.78. The highest BCUT2D eigenvalue weighted by Crippen LogP contribution is 2.11. The van der Waals surface area contributed by atoms with Gasteiger partial charge < -0.3 is 15.4 Å². The molecule has 0 unspecified atom stereocenters. The zero-order valence-corrected chi connectivity index (χ0v) is 10.8. The van der Waals surface area contributed by atoms with Crippen LogP contribution in [0.5, 0.6) is 5.75 Å². The standard InChI is InChI=1S/C12H15ClN2O3/c1-14-12(17)8-18-10-4-2-9(3-5-10)7-15-11(16)6-13/h2-5H,6-8H2,1H3,(H,14,17)(H,15,16). The molecule has 1 rings (SSSR count). The molecule has 0 heterocycles. The van der Waals surface area contributed by atoms with Crippen LogP contribution in [-0.4, -0.2) is 31.3 Å². The number of nitrogens with one attached hydrogen (secondary N) is 2. The van der Waals surface area contributed by atoms with E-state index in [0.29, 0.717) is 12.3 Å². The van der Waals surface area contributed by atoms with Crippen molar-refractivity contribution in [3.8, 4) is 5.75 Å². The van der Waals surface area contributed by atoms with Crippen molar-refractivity contribution < 1.29 is 14.3 Å². The van der Waals surface area contributed by atoms with Crippen molar-refractivity contribution in [2.75, 3.05) is 19.5 Å². The number of ether oxygens (including phenoxy) is 1. The third-order valence-electron chi connectivity index (χ3n) is 2.18. The minimum atomic E-state index is -0.211. The van der Waals surface area contributed by atoms with E-state index in [-0.39, 0.29) is 24.3 Å². The summed E-state index contributed by atoms with van der Waals surface area (Å²) in [7, 11) is 1.55. The molecule has 0 spiro atoms. The molecule has 0 fully saturated rings. The zero-order chi connectivity index (χ0) is 13.4. The SMILES string of the molecule is CNC(=O)COc1ccc(CNC(=O)CCl)cc1. The summed E-state index contributed by atoms with van der Waals surface area (Å²) >= 11 is 5.36. The Kier molecular flexibility index (Phi) is 6.00. The first-order chi connectivity index (χ1) is 8.65. The average Bonchev–Trinajstić information content (AvgIpc) is 2.43. The summed E-state index contributed by atoms with van der Waals surface area (Å²) in [5, 5.41) is 5.11. The second-order valence-electron chi connectivity index (χ2n) is 3.52. The van der Waals surface area contributed by atoms with Crippen molar-refractivity contribution >= 4 is 23.4 Å². The largest absolute Gasteiger partial charge is 0.484 e. The lowest BCUT2D eigenvalue weighted by Crippen LogP contribution is -2.25. The molecule has 0 aliphatic carbocycles. The van der Waals surface area contributed by atoms with Crippen molar-refractivity contribution in [3.05, 3.63) is 29.8 Å². The fraction of sp³-hybridized carbons (Fsp3) is 0.333. The fourth-order valence-electron chi connectivity index (χ4n) is 1.17. The molecule has 0 radical (unpaired) electrons. The Bertz CT molecular complexity index is 367. The molecule has 1 aromatic carbocycles.